The molecule has 6 heteroatoms. The van der Waals surface area contributed by atoms with E-state index in [1.165, 1.54) is 25.8 Å². The topological polar surface area (TPSA) is 70.1 Å². The van der Waals surface area contributed by atoms with Crippen molar-refractivity contribution < 1.29 is 10.0 Å². The van der Waals surface area contributed by atoms with Crippen molar-refractivity contribution in [1.82, 2.24) is 15.0 Å². The van der Waals surface area contributed by atoms with Crippen molar-refractivity contribution in [3.63, 3.8) is 0 Å². The number of carbonyl (C=O) groups is 1. The van der Waals surface area contributed by atoms with Gasteiger partial charge >= 0.3 is 0 Å². The number of rotatable bonds is 4. The molecular weight excluding hydrogens is 282 g/mol. The Labute approximate surface area is 132 Å². The van der Waals surface area contributed by atoms with Crippen LogP contribution in [0.4, 0.5) is 0 Å². The summed E-state index contributed by atoms with van der Waals surface area (Å²) in [4.78, 5) is 17.6. The zero-order valence-corrected chi connectivity index (χ0v) is 13.5. The molecule has 126 valence electrons. The maximum atomic E-state index is 12.6. The molecule has 2 unspecified atom stereocenters. The molecule has 2 heterocycles. The molecule has 0 spiro atoms. The van der Waals surface area contributed by atoms with Crippen LogP contribution in [0.3, 0.4) is 0 Å². The highest BCUT2D eigenvalue weighted by atomic mass is 16.8. The van der Waals surface area contributed by atoms with Gasteiger partial charge < -0.3 is 10.4 Å². The molecular formula is C16H28N3O3-. The fraction of sp³-hybridized carbons (Fsp3) is 0.938. The Morgan fingerprint density at radius 1 is 1.23 bits per heavy atom. The van der Waals surface area contributed by atoms with Gasteiger partial charge in [0, 0.05) is 24.5 Å². The molecule has 3 aliphatic rings. The average molecular weight is 310 g/mol. The Hall–Kier alpha value is -0.530. The van der Waals surface area contributed by atoms with E-state index in [1.54, 1.807) is 0 Å². The van der Waals surface area contributed by atoms with E-state index < -0.39 is 0 Å². The van der Waals surface area contributed by atoms with Gasteiger partial charge in [-0.25, -0.2) is 0 Å². The lowest BCUT2D eigenvalue weighted by Crippen LogP contribution is -2.46. The Morgan fingerprint density at radius 3 is 2.64 bits per heavy atom. The minimum Gasteiger partial charge on any atom is -0.762 e. The van der Waals surface area contributed by atoms with Gasteiger partial charge in [0.05, 0.1) is 12.7 Å². The zero-order valence-electron chi connectivity index (χ0n) is 13.5. The van der Waals surface area contributed by atoms with E-state index in [-0.39, 0.29) is 17.2 Å². The molecule has 3 fully saturated rings. The summed E-state index contributed by atoms with van der Waals surface area (Å²) < 4.78 is 0. The first-order valence-corrected chi connectivity index (χ1v) is 8.74. The van der Waals surface area contributed by atoms with Crippen LogP contribution >= 0.6 is 0 Å². The quantitative estimate of drug-likeness (QED) is 0.799. The number of piperidine rings is 1. The van der Waals surface area contributed by atoms with E-state index in [1.807, 2.05) is 0 Å². The second-order valence-corrected chi connectivity index (χ2v) is 7.27. The molecule has 2 aliphatic heterocycles. The fourth-order valence-electron chi connectivity index (χ4n) is 4.49. The molecule has 0 amide bonds. The summed E-state index contributed by atoms with van der Waals surface area (Å²) in [6.45, 7) is 5.03. The van der Waals surface area contributed by atoms with Gasteiger partial charge in [-0.2, -0.15) is 0 Å². The highest BCUT2D eigenvalue weighted by Gasteiger charge is 2.40. The first kappa shape index (κ1) is 16.3. The number of fused-ring (bicyclic) bond motifs is 1. The summed E-state index contributed by atoms with van der Waals surface area (Å²) in [5.41, 5.74) is 0. The Morgan fingerprint density at radius 2 is 1.95 bits per heavy atom. The highest BCUT2D eigenvalue weighted by molar-refractivity contribution is 5.83. The van der Waals surface area contributed by atoms with Crippen LogP contribution in [0.2, 0.25) is 0 Å². The van der Waals surface area contributed by atoms with Crippen molar-refractivity contribution in [3.8, 4) is 0 Å². The van der Waals surface area contributed by atoms with Crippen LogP contribution in [-0.4, -0.2) is 63.9 Å². The SMILES string of the molecule is CC1CN2CCCCC2N1CC(=O)C1CCC(N([O-])O)CC1. The number of hydrogen-bond acceptors (Lipinski definition) is 6. The monoisotopic (exact) mass is 310 g/mol. The molecule has 1 N–H and O–H groups in total. The minimum absolute atomic E-state index is 0.0704. The average Bonchev–Trinajstić information content (AvgIpc) is 2.83. The van der Waals surface area contributed by atoms with Crippen molar-refractivity contribution >= 4 is 5.78 Å². The third-order valence-electron chi connectivity index (χ3n) is 5.83. The summed E-state index contributed by atoms with van der Waals surface area (Å²) in [6, 6.07) is 0.140. The maximum Gasteiger partial charge on any atom is 0.149 e. The van der Waals surface area contributed by atoms with Gasteiger partial charge in [0.25, 0.3) is 0 Å². The Bertz CT molecular complexity index is 396. The summed E-state index contributed by atoms with van der Waals surface area (Å²) in [5, 5.41) is 20.0. The van der Waals surface area contributed by atoms with Gasteiger partial charge in [0.15, 0.2) is 0 Å². The molecule has 0 aromatic carbocycles. The van der Waals surface area contributed by atoms with Gasteiger partial charge in [-0.05, 0) is 58.4 Å². The van der Waals surface area contributed by atoms with Crippen LogP contribution in [0.25, 0.3) is 0 Å². The molecule has 22 heavy (non-hydrogen) atoms. The van der Waals surface area contributed by atoms with Crippen LogP contribution in [0, 0.1) is 11.1 Å². The lowest BCUT2D eigenvalue weighted by molar-refractivity contribution is -0.129. The van der Waals surface area contributed by atoms with E-state index in [4.69, 9.17) is 5.21 Å². The smallest absolute Gasteiger partial charge is 0.149 e. The van der Waals surface area contributed by atoms with E-state index in [9.17, 15) is 10.0 Å². The van der Waals surface area contributed by atoms with Crippen LogP contribution in [0.15, 0.2) is 0 Å². The van der Waals surface area contributed by atoms with Crippen LogP contribution < -0.4 is 0 Å². The third kappa shape index (κ3) is 3.36. The summed E-state index contributed by atoms with van der Waals surface area (Å²) >= 11 is 0. The molecule has 0 radical (unpaired) electrons. The molecule has 1 saturated carbocycles. The standard InChI is InChI=1S/C16H28N3O3/c1-12-10-17-9-3-2-4-16(17)18(12)11-15(20)13-5-7-14(8-6-13)19(21)22/h12-14,16,21H,2-11H2,1H3/q-1. The normalized spacial score (nSPS) is 37.5. The molecule has 3 rings (SSSR count). The first-order chi connectivity index (χ1) is 10.6. The third-order valence-corrected chi connectivity index (χ3v) is 5.83. The van der Waals surface area contributed by atoms with Crippen molar-refractivity contribution in [2.45, 2.75) is 70.1 Å². The van der Waals surface area contributed by atoms with Gasteiger partial charge in [-0.3, -0.25) is 19.8 Å². The Balaban J connectivity index is 1.53. The van der Waals surface area contributed by atoms with Gasteiger partial charge in [0.1, 0.15) is 5.78 Å². The van der Waals surface area contributed by atoms with Crippen molar-refractivity contribution in [3.05, 3.63) is 5.21 Å². The summed E-state index contributed by atoms with van der Waals surface area (Å²) in [5.74, 6) is 0.397. The van der Waals surface area contributed by atoms with Crippen LogP contribution in [0.5, 0.6) is 0 Å². The molecule has 6 nitrogen and oxygen atoms in total. The van der Waals surface area contributed by atoms with Crippen molar-refractivity contribution in [2.75, 3.05) is 19.6 Å². The van der Waals surface area contributed by atoms with E-state index in [2.05, 4.69) is 16.7 Å². The highest BCUT2D eigenvalue weighted by Crippen LogP contribution is 2.31. The summed E-state index contributed by atoms with van der Waals surface area (Å²) in [7, 11) is 0. The minimum atomic E-state index is -0.316. The van der Waals surface area contributed by atoms with Crippen molar-refractivity contribution in [1.29, 1.82) is 0 Å². The largest absolute Gasteiger partial charge is 0.762 e. The van der Waals surface area contributed by atoms with Crippen LogP contribution in [0.1, 0.15) is 51.9 Å². The van der Waals surface area contributed by atoms with Crippen molar-refractivity contribution in [2.24, 2.45) is 5.92 Å². The predicted molar refractivity (Wildman–Crippen MR) is 83.1 cm³/mol. The number of hydroxylamine groups is 2. The first-order valence-electron chi connectivity index (χ1n) is 8.74. The lowest BCUT2D eigenvalue weighted by atomic mass is 9.83. The molecule has 0 aromatic rings. The zero-order chi connectivity index (χ0) is 15.7. The number of carbonyl (C=O) groups excluding carboxylic acids is 1. The second kappa shape index (κ2) is 6.93. The van der Waals surface area contributed by atoms with Gasteiger partial charge in [-0.15, -0.1) is 0 Å². The molecule has 0 bridgehead atoms. The number of Topliss-reactive ketones (excluding diaryl/α,β-unsaturated/α-hetero) is 1. The molecule has 2 atom stereocenters. The fourth-order valence-corrected chi connectivity index (χ4v) is 4.49. The maximum absolute atomic E-state index is 12.6. The number of nitrogens with zero attached hydrogens (tertiary/aromatic N) is 3. The van der Waals surface area contributed by atoms with E-state index in [0.717, 1.165) is 19.4 Å². The second-order valence-electron chi connectivity index (χ2n) is 7.27. The van der Waals surface area contributed by atoms with Gasteiger partial charge in [0.2, 0.25) is 0 Å². The molecule has 0 aromatic heterocycles. The molecule has 1 aliphatic carbocycles. The lowest BCUT2D eigenvalue weighted by Gasteiger charge is -2.37. The number of hydrogen-bond donors (Lipinski definition) is 1. The number of ketones is 1. The molecule has 2 saturated heterocycles. The Kier molecular flexibility index (Phi) is 5.14. The van der Waals surface area contributed by atoms with E-state index in [0.29, 0.717) is 37.4 Å². The van der Waals surface area contributed by atoms with E-state index >= 15 is 0 Å². The summed E-state index contributed by atoms with van der Waals surface area (Å²) in [6.07, 6.45) is 6.90. The predicted octanol–water partition coefficient (Wildman–Crippen LogP) is 1.82. The van der Waals surface area contributed by atoms with Gasteiger partial charge in [-0.1, -0.05) is 0 Å². The van der Waals surface area contributed by atoms with Crippen LogP contribution in [-0.2, 0) is 4.79 Å².